The molecule has 1 N–H and O–H groups in total. The SMILES string of the molecule is CN(C[C@H]1CN(CC#Cc2ccc3c(c2)n(C)c(=O)n3C2CCC(=O)NC2=O)CCO1)C(=O)OC(C)(C)C. The maximum Gasteiger partial charge on any atom is 0.410 e. The second-order valence-electron chi connectivity index (χ2n) is 10.8. The first-order valence-corrected chi connectivity index (χ1v) is 12.7. The van der Waals surface area contributed by atoms with E-state index in [1.54, 1.807) is 20.2 Å². The number of likely N-dealkylation sites (N-methyl/N-ethyl adjacent to an activating group) is 1. The quantitative estimate of drug-likeness (QED) is 0.472. The molecule has 2 saturated heterocycles. The van der Waals surface area contributed by atoms with Gasteiger partial charge in [0.1, 0.15) is 11.6 Å². The van der Waals surface area contributed by atoms with E-state index in [9.17, 15) is 19.2 Å². The highest BCUT2D eigenvalue weighted by Crippen LogP contribution is 2.23. The Hall–Kier alpha value is -3.62. The Morgan fingerprint density at radius 2 is 2.00 bits per heavy atom. The summed E-state index contributed by atoms with van der Waals surface area (Å²) in [4.78, 5) is 52.8. The van der Waals surface area contributed by atoms with Crippen molar-refractivity contribution < 1.29 is 23.9 Å². The van der Waals surface area contributed by atoms with Crippen molar-refractivity contribution in [3.8, 4) is 11.8 Å². The van der Waals surface area contributed by atoms with E-state index in [2.05, 4.69) is 22.1 Å². The van der Waals surface area contributed by atoms with Crippen molar-refractivity contribution in [3.63, 3.8) is 0 Å². The molecule has 2 aliphatic rings. The number of morpholine rings is 1. The molecule has 2 fully saturated rings. The van der Waals surface area contributed by atoms with Crippen LogP contribution in [0.5, 0.6) is 0 Å². The molecule has 4 rings (SSSR count). The van der Waals surface area contributed by atoms with Gasteiger partial charge in [0.2, 0.25) is 11.8 Å². The molecule has 204 valence electrons. The molecule has 11 nitrogen and oxygen atoms in total. The minimum atomic E-state index is -0.718. The van der Waals surface area contributed by atoms with Gasteiger partial charge in [0.15, 0.2) is 0 Å². The minimum Gasteiger partial charge on any atom is -0.444 e. The Bertz CT molecular complexity index is 1360. The summed E-state index contributed by atoms with van der Waals surface area (Å²) in [6.45, 7) is 8.40. The van der Waals surface area contributed by atoms with Crippen molar-refractivity contribution in [2.45, 2.75) is 51.4 Å². The first kappa shape index (κ1) is 27.4. The molecule has 0 aliphatic carbocycles. The van der Waals surface area contributed by atoms with Crippen LogP contribution in [0.1, 0.15) is 45.2 Å². The normalized spacial score (nSPS) is 20.6. The number of ether oxygens (including phenoxy) is 2. The predicted molar refractivity (Wildman–Crippen MR) is 141 cm³/mol. The molecule has 2 aromatic rings. The molecule has 1 unspecified atom stereocenters. The van der Waals surface area contributed by atoms with Crippen LogP contribution >= 0.6 is 0 Å². The van der Waals surface area contributed by atoms with Crippen LogP contribution in [0.25, 0.3) is 11.0 Å². The lowest BCUT2D eigenvalue weighted by Gasteiger charge is -2.34. The van der Waals surface area contributed by atoms with Crippen LogP contribution in [0.4, 0.5) is 4.79 Å². The summed E-state index contributed by atoms with van der Waals surface area (Å²) in [5.74, 6) is 5.59. The lowest BCUT2D eigenvalue weighted by molar-refractivity contribution is -0.135. The van der Waals surface area contributed by atoms with Crippen molar-refractivity contribution in [1.82, 2.24) is 24.3 Å². The van der Waals surface area contributed by atoms with E-state index in [4.69, 9.17) is 9.47 Å². The summed E-state index contributed by atoms with van der Waals surface area (Å²) in [5.41, 5.74) is 1.19. The maximum absolute atomic E-state index is 12.9. The van der Waals surface area contributed by atoms with Crippen molar-refractivity contribution in [1.29, 1.82) is 0 Å². The monoisotopic (exact) mass is 525 g/mol. The summed E-state index contributed by atoms with van der Waals surface area (Å²) in [6, 6.07) is 4.74. The van der Waals surface area contributed by atoms with Gasteiger partial charge < -0.3 is 14.4 Å². The van der Waals surface area contributed by atoms with Crippen molar-refractivity contribution >= 4 is 28.9 Å². The van der Waals surface area contributed by atoms with Crippen LogP contribution in [-0.4, -0.2) is 88.4 Å². The zero-order valence-corrected chi connectivity index (χ0v) is 22.6. The van der Waals surface area contributed by atoms with Gasteiger partial charge in [-0.1, -0.05) is 11.8 Å². The number of aromatic nitrogens is 2. The summed E-state index contributed by atoms with van der Waals surface area (Å²) in [5, 5.41) is 2.32. The van der Waals surface area contributed by atoms with Gasteiger partial charge in [-0.05, 0) is 45.4 Å². The number of hydrogen-bond donors (Lipinski definition) is 1. The zero-order valence-electron chi connectivity index (χ0n) is 22.6. The first-order chi connectivity index (χ1) is 17.9. The molecule has 0 bridgehead atoms. The fourth-order valence-electron chi connectivity index (χ4n) is 4.68. The highest BCUT2D eigenvalue weighted by Gasteiger charge is 2.31. The summed E-state index contributed by atoms with van der Waals surface area (Å²) in [7, 11) is 3.36. The van der Waals surface area contributed by atoms with Crippen LogP contribution in [0.3, 0.4) is 0 Å². The van der Waals surface area contributed by atoms with Gasteiger partial charge in [-0.2, -0.15) is 0 Å². The molecule has 1 aromatic carbocycles. The first-order valence-electron chi connectivity index (χ1n) is 12.7. The molecule has 0 spiro atoms. The van der Waals surface area contributed by atoms with E-state index in [0.717, 1.165) is 12.1 Å². The molecule has 0 saturated carbocycles. The predicted octanol–water partition coefficient (Wildman–Crippen LogP) is 1.24. The third kappa shape index (κ3) is 6.26. The van der Waals surface area contributed by atoms with Gasteiger partial charge >= 0.3 is 11.8 Å². The number of carbonyl (C=O) groups is 3. The minimum absolute atomic E-state index is 0.138. The lowest BCUT2D eigenvalue weighted by Crippen LogP contribution is -2.48. The number of aryl methyl sites for hydroxylation is 1. The van der Waals surface area contributed by atoms with Gasteiger partial charge in [-0.15, -0.1) is 0 Å². The highest BCUT2D eigenvalue weighted by atomic mass is 16.6. The molecule has 2 atom stereocenters. The van der Waals surface area contributed by atoms with Crippen LogP contribution in [0, 0.1) is 11.8 Å². The van der Waals surface area contributed by atoms with Gasteiger partial charge in [0.05, 0.1) is 36.8 Å². The van der Waals surface area contributed by atoms with Crippen LogP contribution in [0.15, 0.2) is 23.0 Å². The van der Waals surface area contributed by atoms with Crippen molar-refractivity contribution in [3.05, 3.63) is 34.2 Å². The Labute approximate surface area is 221 Å². The standard InChI is InChI=1S/C27H35N5O6/c1-27(2,3)38-26(36)29(4)16-19-17-31(13-14-37-19)12-6-7-18-8-9-20-22(15-18)30(5)25(35)32(20)21-10-11-23(33)28-24(21)34/h8-9,15,19,21H,10-14,16-17H2,1-5H3,(H,28,33,34)/t19-,21?/m0/s1. The number of imide groups is 1. The number of piperidine rings is 1. The average Bonchev–Trinajstić information content (AvgIpc) is 3.08. The Balaban J connectivity index is 1.41. The molecule has 3 amide bonds. The number of amides is 3. The second-order valence-corrected chi connectivity index (χ2v) is 10.8. The number of nitrogens with one attached hydrogen (secondary N) is 1. The van der Waals surface area contributed by atoms with Gasteiger partial charge in [-0.3, -0.25) is 28.9 Å². The topological polar surface area (TPSA) is 115 Å². The zero-order chi connectivity index (χ0) is 27.6. The van der Waals surface area contributed by atoms with Crippen molar-refractivity contribution in [2.24, 2.45) is 7.05 Å². The molecule has 11 heteroatoms. The van der Waals surface area contributed by atoms with Gasteiger partial charge in [-0.25, -0.2) is 9.59 Å². The number of fused-ring (bicyclic) bond motifs is 1. The van der Waals surface area contributed by atoms with E-state index in [1.807, 2.05) is 32.9 Å². The van der Waals surface area contributed by atoms with Gasteiger partial charge in [0.25, 0.3) is 0 Å². The fourth-order valence-corrected chi connectivity index (χ4v) is 4.68. The third-order valence-electron chi connectivity index (χ3n) is 6.55. The molecule has 2 aliphatic heterocycles. The Kier molecular flexibility index (Phi) is 7.94. The highest BCUT2D eigenvalue weighted by molar-refractivity contribution is 6.00. The van der Waals surface area contributed by atoms with Crippen LogP contribution in [-0.2, 0) is 26.1 Å². The number of benzene rings is 1. The average molecular weight is 526 g/mol. The summed E-state index contributed by atoms with van der Waals surface area (Å²) in [6.07, 6.45) is -0.0304. The summed E-state index contributed by atoms with van der Waals surface area (Å²) < 4.78 is 14.2. The smallest absolute Gasteiger partial charge is 0.410 e. The van der Waals surface area contributed by atoms with Gasteiger partial charge in [0, 0.05) is 39.2 Å². The molecule has 1 aromatic heterocycles. The van der Waals surface area contributed by atoms with E-state index in [-0.39, 0.29) is 30.2 Å². The fraction of sp³-hybridized carbons (Fsp3) is 0.556. The number of imidazole rings is 1. The molecular formula is C27H35N5O6. The molecular weight excluding hydrogens is 490 g/mol. The maximum atomic E-state index is 12.9. The second kappa shape index (κ2) is 11.0. The number of nitrogens with zero attached hydrogens (tertiary/aromatic N) is 4. The number of rotatable bonds is 4. The summed E-state index contributed by atoms with van der Waals surface area (Å²) >= 11 is 0. The lowest BCUT2D eigenvalue weighted by atomic mass is 10.1. The molecule has 3 heterocycles. The Morgan fingerprint density at radius 1 is 1.24 bits per heavy atom. The largest absolute Gasteiger partial charge is 0.444 e. The molecule has 38 heavy (non-hydrogen) atoms. The van der Waals surface area contributed by atoms with Crippen molar-refractivity contribution in [2.75, 3.05) is 39.8 Å². The van der Waals surface area contributed by atoms with E-state index < -0.39 is 17.6 Å². The third-order valence-corrected chi connectivity index (χ3v) is 6.55. The Morgan fingerprint density at radius 3 is 2.71 bits per heavy atom. The van der Waals surface area contributed by atoms with Crippen LogP contribution in [0.2, 0.25) is 0 Å². The van der Waals surface area contributed by atoms with Crippen LogP contribution < -0.4 is 11.0 Å². The molecule has 0 radical (unpaired) electrons. The van der Waals surface area contributed by atoms with E-state index in [1.165, 1.54) is 14.0 Å². The van der Waals surface area contributed by atoms with E-state index in [0.29, 0.717) is 43.7 Å². The van der Waals surface area contributed by atoms with E-state index >= 15 is 0 Å². The number of hydrogen-bond acceptors (Lipinski definition) is 7. The number of carbonyl (C=O) groups excluding carboxylic acids is 3.